The zero-order valence-electron chi connectivity index (χ0n) is 14.6. The third-order valence-electron chi connectivity index (χ3n) is 3.50. The van der Waals surface area contributed by atoms with Gasteiger partial charge in [-0.15, -0.1) is 11.3 Å². The van der Waals surface area contributed by atoms with E-state index in [0.29, 0.717) is 16.4 Å². The number of nitrogens with zero attached hydrogens (tertiary/aromatic N) is 2. The molecule has 0 aliphatic heterocycles. The zero-order valence-corrected chi connectivity index (χ0v) is 17.0. The Morgan fingerprint density at radius 1 is 1.21 bits per heavy atom. The molecule has 1 aromatic heterocycles. The Morgan fingerprint density at radius 2 is 1.96 bits per heavy atom. The van der Waals surface area contributed by atoms with Crippen LogP contribution < -0.4 is 10.1 Å². The second kappa shape index (κ2) is 8.51. The molecule has 0 unspecified atom stereocenters. The third-order valence-corrected chi connectivity index (χ3v) is 5.93. The summed E-state index contributed by atoms with van der Waals surface area (Å²) in [5.41, 5.74) is 3.51. The van der Waals surface area contributed by atoms with Gasteiger partial charge >= 0.3 is 0 Å². The number of carbonyl (C=O) groups excluding carboxylic acids is 1. The van der Waals surface area contributed by atoms with Crippen molar-refractivity contribution in [3.05, 3.63) is 75.2 Å². The van der Waals surface area contributed by atoms with Gasteiger partial charge in [-0.3, -0.25) is 9.52 Å². The van der Waals surface area contributed by atoms with Crippen LogP contribution in [0.3, 0.4) is 0 Å². The molecule has 2 aromatic carbocycles. The van der Waals surface area contributed by atoms with Gasteiger partial charge in [0, 0.05) is 21.7 Å². The monoisotopic (exact) mass is 434 g/mol. The van der Waals surface area contributed by atoms with E-state index >= 15 is 0 Å². The van der Waals surface area contributed by atoms with Crippen LogP contribution in [0.1, 0.15) is 21.1 Å². The van der Waals surface area contributed by atoms with E-state index in [-0.39, 0.29) is 10.5 Å². The van der Waals surface area contributed by atoms with Crippen molar-refractivity contribution in [2.75, 3.05) is 4.72 Å². The van der Waals surface area contributed by atoms with Crippen LogP contribution in [0.25, 0.3) is 0 Å². The summed E-state index contributed by atoms with van der Waals surface area (Å²) in [6, 6.07) is 11.9. The molecule has 0 bridgehead atoms. The summed E-state index contributed by atoms with van der Waals surface area (Å²) >= 11 is 7.27. The highest BCUT2D eigenvalue weighted by Crippen LogP contribution is 2.19. The Bertz CT molecular complexity index is 1130. The molecule has 0 aliphatic rings. The first-order chi connectivity index (χ1) is 13.3. The molecular weight excluding hydrogens is 420 g/mol. The van der Waals surface area contributed by atoms with Crippen LogP contribution in [0.2, 0.25) is 5.02 Å². The normalized spacial score (nSPS) is 11.5. The van der Waals surface area contributed by atoms with E-state index in [2.05, 4.69) is 20.2 Å². The summed E-state index contributed by atoms with van der Waals surface area (Å²) in [5.74, 6) is -0.535. The maximum atomic E-state index is 12.6. The van der Waals surface area contributed by atoms with E-state index in [9.17, 15) is 13.2 Å². The minimum Gasteiger partial charge on any atom is -0.280 e. The molecule has 0 radical (unpaired) electrons. The Morgan fingerprint density at radius 3 is 2.64 bits per heavy atom. The molecule has 144 valence electrons. The number of anilines is 1. The van der Waals surface area contributed by atoms with Crippen LogP contribution in [0.4, 0.5) is 5.69 Å². The van der Waals surface area contributed by atoms with Gasteiger partial charge in [-0.1, -0.05) is 17.7 Å². The van der Waals surface area contributed by atoms with E-state index in [1.165, 1.54) is 41.8 Å². The van der Waals surface area contributed by atoms with Gasteiger partial charge in [-0.25, -0.2) is 18.8 Å². The number of aromatic nitrogens is 1. The summed E-state index contributed by atoms with van der Waals surface area (Å²) in [5, 5.41) is 7.03. The molecule has 0 saturated carbocycles. The van der Waals surface area contributed by atoms with E-state index in [1.807, 2.05) is 6.92 Å². The van der Waals surface area contributed by atoms with Crippen molar-refractivity contribution in [2.24, 2.45) is 5.10 Å². The Labute approximate surface area is 171 Å². The molecule has 1 amide bonds. The number of amides is 1. The van der Waals surface area contributed by atoms with E-state index in [1.54, 1.807) is 29.6 Å². The standard InChI is InChI=1S/C18H15ClN4O3S2/c1-12-21-16(11-27-12)10-20-22-18(24)13-3-2-4-17(9-13)28(25,26)23-15-7-5-14(19)6-8-15/h2-11,23H,1H3,(H,22,24)/b20-10+. The molecule has 1 heterocycles. The van der Waals surface area contributed by atoms with E-state index < -0.39 is 15.9 Å². The highest BCUT2D eigenvalue weighted by molar-refractivity contribution is 7.92. The van der Waals surface area contributed by atoms with Crippen LogP contribution >= 0.6 is 22.9 Å². The van der Waals surface area contributed by atoms with Gasteiger partial charge in [0.2, 0.25) is 0 Å². The minimum absolute atomic E-state index is 0.0470. The molecular formula is C18H15ClN4O3S2. The number of hydrogen-bond donors (Lipinski definition) is 2. The first kappa shape index (κ1) is 20.0. The lowest BCUT2D eigenvalue weighted by molar-refractivity contribution is 0.0955. The molecule has 0 aliphatic carbocycles. The number of halogens is 1. The molecule has 3 aromatic rings. The maximum Gasteiger partial charge on any atom is 0.271 e. The molecule has 28 heavy (non-hydrogen) atoms. The number of nitrogens with one attached hydrogen (secondary N) is 2. The minimum atomic E-state index is -3.86. The van der Waals surface area contributed by atoms with Gasteiger partial charge < -0.3 is 0 Å². The second-order valence-corrected chi connectivity index (χ2v) is 8.81. The molecule has 0 saturated heterocycles. The summed E-state index contributed by atoms with van der Waals surface area (Å²) in [6.45, 7) is 1.87. The molecule has 10 heteroatoms. The number of benzene rings is 2. The van der Waals surface area contributed by atoms with Gasteiger partial charge in [0.15, 0.2) is 0 Å². The first-order valence-corrected chi connectivity index (χ1v) is 10.7. The first-order valence-electron chi connectivity index (χ1n) is 7.97. The van der Waals surface area contributed by atoms with Crippen molar-refractivity contribution in [3.8, 4) is 0 Å². The lowest BCUT2D eigenvalue weighted by Gasteiger charge is -2.09. The van der Waals surface area contributed by atoms with E-state index in [0.717, 1.165) is 5.01 Å². The van der Waals surface area contributed by atoms with E-state index in [4.69, 9.17) is 11.6 Å². The fourth-order valence-electron chi connectivity index (χ4n) is 2.20. The highest BCUT2D eigenvalue weighted by atomic mass is 35.5. The molecule has 0 atom stereocenters. The molecule has 0 fully saturated rings. The molecule has 3 rings (SSSR count). The largest absolute Gasteiger partial charge is 0.280 e. The van der Waals surface area contributed by atoms with Gasteiger partial charge in [-0.05, 0) is 49.4 Å². The number of hydrazone groups is 1. The zero-order chi connectivity index (χ0) is 20.1. The molecule has 0 spiro atoms. The summed E-state index contributed by atoms with van der Waals surface area (Å²) in [6.07, 6.45) is 1.42. The average molecular weight is 435 g/mol. The lowest BCUT2D eigenvalue weighted by Crippen LogP contribution is -2.19. The number of thiazole rings is 1. The quantitative estimate of drug-likeness (QED) is 0.456. The van der Waals surface area contributed by atoms with Crippen LogP contribution in [-0.4, -0.2) is 25.5 Å². The Kier molecular flexibility index (Phi) is 6.08. The predicted octanol–water partition coefficient (Wildman–Crippen LogP) is 3.67. The number of aryl methyl sites for hydroxylation is 1. The fraction of sp³-hybridized carbons (Fsp3) is 0.0556. The van der Waals surface area contributed by atoms with Crippen molar-refractivity contribution < 1.29 is 13.2 Å². The topological polar surface area (TPSA) is 101 Å². The maximum absolute atomic E-state index is 12.6. The molecule has 7 nitrogen and oxygen atoms in total. The smallest absolute Gasteiger partial charge is 0.271 e. The number of carbonyl (C=O) groups is 1. The molecule has 2 N–H and O–H groups in total. The Hall–Kier alpha value is -2.75. The van der Waals surface area contributed by atoms with Gasteiger partial charge in [0.05, 0.1) is 21.8 Å². The van der Waals surface area contributed by atoms with Gasteiger partial charge in [0.25, 0.3) is 15.9 Å². The lowest BCUT2D eigenvalue weighted by atomic mass is 10.2. The highest BCUT2D eigenvalue weighted by Gasteiger charge is 2.16. The third kappa shape index (κ3) is 5.16. The number of rotatable bonds is 6. The Balaban J connectivity index is 1.72. The summed E-state index contributed by atoms with van der Waals surface area (Å²) in [4.78, 5) is 16.4. The van der Waals surface area contributed by atoms with Crippen molar-refractivity contribution in [3.63, 3.8) is 0 Å². The van der Waals surface area contributed by atoms with Gasteiger partial charge in [0.1, 0.15) is 0 Å². The second-order valence-electron chi connectivity index (χ2n) is 5.63. The fourth-order valence-corrected chi connectivity index (χ4v) is 3.99. The van der Waals surface area contributed by atoms with Crippen LogP contribution in [0.15, 0.2) is 63.9 Å². The van der Waals surface area contributed by atoms with Crippen molar-refractivity contribution in [1.82, 2.24) is 10.4 Å². The van der Waals surface area contributed by atoms with Crippen LogP contribution in [0, 0.1) is 6.92 Å². The summed E-state index contributed by atoms with van der Waals surface area (Å²) < 4.78 is 27.5. The van der Waals surface area contributed by atoms with Crippen molar-refractivity contribution in [1.29, 1.82) is 0 Å². The average Bonchev–Trinajstić information content (AvgIpc) is 3.08. The summed E-state index contributed by atoms with van der Waals surface area (Å²) in [7, 11) is -3.86. The predicted molar refractivity (Wildman–Crippen MR) is 111 cm³/mol. The van der Waals surface area contributed by atoms with Crippen LogP contribution in [-0.2, 0) is 10.0 Å². The SMILES string of the molecule is Cc1nc(/C=N/NC(=O)c2cccc(S(=O)(=O)Nc3ccc(Cl)cc3)c2)cs1. The van der Waals surface area contributed by atoms with Crippen LogP contribution in [0.5, 0.6) is 0 Å². The van der Waals surface area contributed by atoms with Crippen molar-refractivity contribution >= 4 is 50.8 Å². The van der Waals surface area contributed by atoms with Gasteiger partial charge in [-0.2, -0.15) is 5.10 Å². The number of hydrogen-bond acceptors (Lipinski definition) is 6. The number of sulfonamides is 1. The van der Waals surface area contributed by atoms with Crippen molar-refractivity contribution in [2.45, 2.75) is 11.8 Å².